The molecule has 0 saturated heterocycles. The fraction of sp³-hybridized carbons (Fsp3) is 0.294. The van der Waals surface area contributed by atoms with Gasteiger partial charge in [-0.15, -0.1) is 0 Å². The normalized spacial score (nSPS) is 16.8. The van der Waals surface area contributed by atoms with E-state index in [0.29, 0.717) is 12.1 Å². The Bertz CT molecular complexity index is 988. The molecular weight excluding hydrogens is 306 g/mol. The summed E-state index contributed by atoms with van der Waals surface area (Å²) in [5.41, 5.74) is 3.26. The minimum atomic E-state index is -0.377. The molecule has 7 nitrogen and oxygen atoms in total. The molecule has 0 bridgehead atoms. The lowest BCUT2D eigenvalue weighted by Crippen LogP contribution is -2.41. The first-order valence-electron chi connectivity index (χ1n) is 7.93. The van der Waals surface area contributed by atoms with Crippen molar-refractivity contribution >= 4 is 11.6 Å². The molecule has 0 radical (unpaired) electrons. The number of hydrogen-bond donors (Lipinski definition) is 2. The molecule has 1 atom stereocenters. The highest BCUT2D eigenvalue weighted by Gasteiger charge is 2.23. The van der Waals surface area contributed by atoms with Crippen LogP contribution in [-0.4, -0.2) is 31.5 Å². The molecule has 0 fully saturated rings. The van der Waals surface area contributed by atoms with Crippen LogP contribution in [0.25, 0.3) is 5.65 Å². The third-order valence-electron chi connectivity index (χ3n) is 4.52. The smallest absolute Gasteiger partial charge is 0.270 e. The van der Waals surface area contributed by atoms with E-state index < -0.39 is 0 Å². The molecule has 3 heterocycles. The van der Waals surface area contributed by atoms with Gasteiger partial charge < -0.3 is 5.32 Å². The number of pyridine rings is 1. The third kappa shape index (κ3) is 2.38. The van der Waals surface area contributed by atoms with Gasteiger partial charge in [0, 0.05) is 30.0 Å². The van der Waals surface area contributed by atoms with E-state index in [2.05, 4.69) is 20.5 Å². The van der Waals surface area contributed by atoms with Gasteiger partial charge in [0.1, 0.15) is 11.2 Å². The molecule has 0 saturated carbocycles. The first-order chi connectivity index (χ1) is 11.6. The highest BCUT2D eigenvalue weighted by molar-refractivity contribution is 5.94. The summed E-state index contributed by atoms with van der Waals surface area (Å²) < 4.78 is 1.46. The fourth-order valence-corrected chi connectivity index (χ4v) is 3.22. The number of hydrogen-bond acceptors (Lipinski definition) is 4. The predicted molar refractivity (Wildman–Crippen MR) is 88.1 cm³/mol. The van der Waals surface area contributed by atoms with Crippen molar-refractivity contribution in [3.8, 4) is 0 Å². The number of nitrogens with zero attached hydrogens (tertiary/aromatic N) is 3. The van der Waals surface area contributed by atoms with E-state index >= 15 is 0 Å². The quantitative estimate of drug-likeness (QED) is 0.736. The number of aryl methyl sites for hydroxylation is 2. The van der Waals surface area contributed by atoms with E-state index in [1.165, 1.54) is 16.2 Å². The Kier molecular flexibility index (Phi) is 3.41. The number of carbonyl (C=O) groups is 1. The molecular formula is C17H17N5O2. The van der Waals surface area contributed by atoms with Crippen LogP contribution in [0.4, 0.5) is 0 Å². The van der Waals surface area contributed by atoms with Gasteiger partial charge in [0.15, 0.2) is 0 Å². The van der Waals surface area contributed by atoms with Crippen LogP contribution in [0, 0.1) is 6.92 Å². The summed E-state index contributed by atoms with van der Waals surface area (Å²) in [6, 6.07) is 5.39. The van der Waals surface area contributed by atoms with Crippen LogP contribution < -0.4 is 10.9 Å². The van der Waals surface area contributed by atoms with Gasteiger partial charge in [-0.2, -0.15) is 5.10 Å². The van der Waals surface area contributed by atoms with E-state index in [4.69, 9.17) is 0 Å². The van der Waals surface area contributed by atoms with Crippen molar-refractivity contribution in [2.45, 2.75) is 32.2 Å². The molecule has 24 heavy (non-hydrogen) atoms. The predicted octanol–water partition coefficient (Wildman–Crippen LogP) is 1.01. The number of H-pyrrole nitrogens is 1. The maximum Gasteiger partial charge on any atom is 0.270 e. The number of aromatic nitrogens is 4. The van der Waals surface area contributed by atoms with Crippen LogP contribution in [0.2, 0.25) is 0 Å². The SMILES string of the molecule is Cc1cccc2ncc(C(=O)NC3CCc4cn[nH]c4C3)c(=O)n12. The van der Waals surface area contributed by atoms with Gasteiger partial charge in [-0.1, -0.05) is 6.07 Å². The molecule has 1 aliphatic carbocycles. The molecule has 3 aromatic heterocycles. The Hall–Kier alpha value is -2.96. The molecule has 0 aromatic carbocycles. The van der Waals surface area contributed by atoms with Crippen molar-refractivity contribution in [1.29, 1.82) is 0 Å². The first-order valence-corrected chi connectivity index (χ1v) is 7.93. The molecule has 7 heteroatoms. The molecule has 3 aromatic rings. The van der Waals surface area contributed by atoms with E-state index in [1.807, 2.05) is 25.3 Å². The van der Waals surface area contributed by atoms with Crippen molar-refractivity contribution in [3.05, 3.63) is 63.5 Å². The maximum absolute atomic E-state index is 12.6. The average Bonchev–Trinajstić information content (AvgIpc) is 3.02. The van der Waals surface area contributed by atoms with Crippen molar-refractivity contribution in [1.82, 2.24) is 24.9 Å². The standard InChI is InChI=1S/C17H17N5O2/c1-10-3-2-4-15-18-9-13(17(24)22(10)15)16(23)20-12-6-5-11-8-19-21-14(11)7-12/h2-4,8-9,12H,5-7H2,1H3,(H,19,21)(H,20,23). The lowest BCUT2D eigenvalue weighted by atomic mass is 9.93. The van der Waals surface area contributed by atoms with Crippen molar-refractivity contribution in [3.63, 3.8) is 0 Å². The summed E-state index contributed by atoms with van der Waals surface area (Å²) >= 11 is 0. The molecule has 4 rings (SSSR count). The zero-order valence-electron chi connectivity index (χ0n) is 13.2. The van der Waals surface area contributed by atoms with E-state index in [-0.39, 0.29) is 23.1 Å². The second kappa shape index (κ2) is 5.59. The number of nitrogens with one attached hydrogen (secondary N) is 2. The molecule has 2 N–H and O–H groups in total. The Balaban J connectivity index is 1.61. The topological polar surface area (TPSA) is 92.2 Å². The van der Waals surface area contributed by atoms with Gasteiger partial charge in [-0.05, 0) is 37.5 Å². The van der Waals surface area contributed by atoms with E-state index in [1.54, 1.807) is 6.07 Å². The highest BCUT2D eigenvalue weighted by atomic mass is 16.2. The first kappa shape index (κ1) is 14.6. The molecule has 0 aliphatic heterocycles. The van der Waals surface area contributed by atoms with Crippen LogP contribution in [0.3, 0.4) is 0 Å². The largest absolute Gasteiger partial charge is 0.349 e. The van der Waals surface area contributed by atoms with Crippen LogP contribution in [0.15, 0.2) is 35.4 Å². The van der Waals surface area contributed by atoms with Gasteiger partial charge in [0.05, 0.1) is 6.20 Å². The number of rotatable bonds is 2. The summed E-state index contributed by atoms with van der Waals surface area (Å²) in [5.74, 6) is -0.377. The van der Waals surface area contributed by atoms with Crippen molar-refractivity contribution < 1.29 is 4.79 Å². The van der Waals surface area contributed by atoms with Gasteiger partial charge >= 0.3 is 0 Å². The second-order valence-corrected chi connectivity index (χ2v) is 6.12. The number of aromatic amines is 1. The zero-order chi connectivity index (χ0) is 16.7. The molecule has 1 unspecified atom stereocenters. The Morgan fingerprint density at radius 1 is 1.38 bits per heavy atom. The number of carbonyl (C=O) groups excluding carboxylic acids is 1. The maximum atomic E-state index is 12.6. The minimum absolute atomic E-state index is 0.0117. The average molecular weight is 323 g/mol. The monoisotopic (exact) mass is 323 g/mol. The van der Waals surface area contributed by atoms with Gasteiger partial charge in [0.2, 0.25) is 0 Å². The summed E-state index contributed by atoms with van der Waals surface area (Å²) in [6.45, 7) is 1.82. The number of fused-ring (bicyclic) bond motifs is 2. The number of amides is 1. The summed E-state index contributed by atoms with van der Waals surface area (Å²) in [5, 5.41) is 9.95. The lowest BCUT2D eigenvalue weighted by Gasteiger charge is -2.22. The lowest BCUT2D eigenvalue weighted by molar-refractivity contribution is 0.0931. The highest BCUT2D eigenvalue weighted by Crippen LogP contribution is 2.19. The summed E-state index contributed by atoms with van der Waals surface area (Å²) in [4.78, 5) is 29.4. The Morgan fingerprint density at radius 2 is 2.25 bits per heavy atom. The third-order valence-corrected chi connectivity index (χ3v) is 4.52. The van der Waals surface area contributed by atoms with Crippen LogP contribution in [0.1, 0.15) is 33.7 Å². The van der Waals surface area contributed by atoms with Gasteiger partial charge in [-0.3, -0.25) is 19.1 Å². The van der Waals surface area contributed by atoms with Crippen LogP contribution >= 0.6 is 0 Å². The molecule has 122 valence electrons. The van der Waals surface area contributed by atoms with Crippen LogP contribution in [0.5, 0.6) is 0 Å². The van der Waals surface area contributed by atoms with Gasteiger partial charge in [-0.25, -0.2) is 4.98 Å². The van der Waals surface area contributed by atoms with Crippen molar-refractivity contribution in [2.75, 3.05) is 0 Å². The van der Waals surface area contributed by atoms with E-state index in [9.17, 15) is 9.59 Å². The van der Waals surface area contributed by atoms with Crippen molar-refractivity contribution in [2.24, 2.45) is 0 Å². The van der Waals surface area contributed by atoms with Gasteiger partial charge in [0.25, 0.3) is 11.5 Å². The molecule has 1 amide bonds. The Morgan fingerprint density at radius 3 is 3.12 bits per heavy atom. The van der Waals surface area contributed by atoms with E-state index in [0.717, 1.165) is 24.2 Å². The fourth-order valence-electron chi connectivity index (χ4n) is 3.22. The molecule has 0 spiro atoms. The van der Waals surface area contributed by atoms with Crippen LogP contribution in [-0.2, 0) is 12.8 Å². The Labute approximate surface area is 137 Å². The summed E-state index contributed by atoms with van der Waals surface area (Å²) in [7, 11) is 0. The summed E-state index contributed by atoms with van der Waals surface area (Å²) in [6.07, 6.45) is 5.58. The second-order valence-electron chi connectivity index (χ2n) is 6.12. The minimum Gasteiger partial charge on any atom is -0.349 e. The zero-order valence-corrected chi connectivity index (χ0v) is 13.2. The molecule has 1 aliphatic rings.